The molecular weight excluding hydrogens is 409 g/mol. The molecule has 6 heteroatoms. The van der Waals surface area contributed by atoms with E-state index in [1.165, 1.54) is 22.3 Å². The first kappa shape index (κ1) is 21.7. The van der Waals surface area contributed by atoms with Gasteiger partial charge >= 0.3 is 171 Å². The van der Waals surface area contributed by atoms with Gasteiger partial charge in [0.05, 0.1) is 0 Å². The van der Waals surface area contributed by atoms with Crippen LogP contribution < -0.4 is 11.5 Å². The molecule has 0 bridgehead atoms. The van der Waals surface area contributed by atoms with Crippen molar-refractivity contribution in [3.63, 3.8) is 0 Å². The summed E-state index contributed by atoms with van der Waals surface area (Å²) in [4.78, 5) is 0. The molecule has 0 aliphatic heterocycles. The van der Waals surface area contributed by atoms with E-state index in [-0.39, 0.29) is 12.1 Å². The molecule has 2 aromatic carbocycles. The first-order valence-corrected chi connectivity index (χ1v) is 12.1. The normalized spacial score (nSPS) is 14.4. The zero-order chi connectivity index (χ0) is 19.4. The summed E-state index contributed by atoms with van der Waals surface area (Å²) in [6, 6.07) is 12.1. The van der Waals surface area contributed by atoms with Gasteiger partial charge in [0.1, 0.15) is 0 Å². The van der Waals surface area contributed by atoms with Crippen molar-refractivity contribution in [1.29, 1.82) is 0 Å². The molecule has 4 N–H and O–H groups in total. The molecule has 145 valence electrons. The molecule has 26 heavy (non-hydrogen) atoms. The van der Waals surface area contributed by atoms with Crippen molar-refractivity contribution < 1.29 is 12.3 Å². The van der Waals surface area contributed by atoms with Gasteiger partial charge in [-0.15, -0.1) is 0 Å². The fourth-order valence-electron chi connectivity index (χ4n) is 3.60. The van der Waals surface area contributed by atoms with Crippen LogP contribution in [0.15, 0.2) is 36.4 Å². The third kappa shape index (κ3) is 5.23. The first-order chi connectivity index (χ1) is 12.2. The maximum atomic E-state index is 6.52. The van der Waals surface area contributed by atoms with Crippen LogP contribution in [-0.2, 0) is 12.3 Å². The monoisotopic (exact) mass is 436 g/mol. The predicted molar refractivity (Wildman–Crippen MR) is 109 cm³/mol. The number of hydrogen-bond donors (Lipinski definition) is 2. The van der Waals surface area contributed by atoms with Gasteiger partial charge in [-0.3, -0.25) is 0 Å². The van der Waals surface area contributed by atoms with Crippen molar-refractivity contribution in [3.8, 4) is 0 Å². The zero-order valence-corrected chi connectivity index (χ0v) is 18.4. The second kappa shape index (κ2) is 9.57. The van der Waals surface area contributed by atoms with E-state index < -0.39 is 12.3 Å². The Kier molecular flexibility index (Phi) is 7.99. The predicted octanol–water partition coefficient (Wildman–Crippen LogP) is 4.76. The molecule has 0 radical (unpaired) electrons. The van der Waals surface area contributed by atoms with Crippen molar-refractivity contribution in [2.24, 2.45) is 11.5 Å². The van der Waals surface area contributed by atoms with Crippen LogP contribution in [0.4, 0.5) is 0 Å². The number of halogens is 2. The van der Waals surface area contributed by atoms with Gasteiger partial charge in [-0.1, -0.05) is 0 Å². The number of hydrogen-bond acceptors (Lipinski definition) is 3. The molecule has 0 aromatic heterocycles. The molecule has 0 fully saturated rings. The summed E-state index contributed by atoms with van der Waals surface area (Å²) in [5, 5.41) is 0. The summed E-state index contributed by atoms with van der Waals surface area (Å²) in [5.74, 6) is 0. The zero-order valence-electron chi connectivity index (χ0n) is 15.7. The molecule has 2 unspecified atom stereocenters. The molecule has 3 nitrogen and oxygen atoms in total. The van der Waals surface area contributed by atoms with Crippen molar-refractivity contribution in [3.05, 3.63) is 69.8 Å². The standard InChI is InChI=1S/C20H28N3.2ClH.Fe/c1-13-7-5-8-14(2)19(13)17(21)11-23-12-18(22)20-15(3)9-6-10-16(20)4;;;/h5-10,17-18H,11-12,21-22H2,1-4H3;2*1H;/q-1;;;+3/p-2. The van der Waals surface area contributed by atoms with Crippen LogP contribution in [0.3, 0.4) is 0 Å². The fraction of sp³-hybridized carbons (Fsp3) is 0.400. The van der Waals surface area contributed by atoms with Gasteiger partial charge in [0.25, 0.3) is 0 Å². The number of benzene rings is 2. The first-order valence-electron chi connectivity index (χ1n) is 8.61. The summed E-state index contributed by atoms with van der Waals surface area (Å²) in [6.45, 7) is 9.50. The van der Waals surface area contributed by atoms with E-state index in [2.05, 4.69) is 52.0 Å². The third-order valence-corrected chi connectivity index (χ3v) is 7.10. The molecule has 2 atom stereocenters. The van der Waals surface area contributed by atoms with E-state index >= 15 is 0 Å². The van der Waals surface area contributed by atoms with Crippen LogP contribution in [0.25, 0.3) is 0 Å². The average molecular weight is 437 g/mol. The van der Waals surface area contributed by atoms with Crippen LogP contribution in [-0.4, -0.2) is 17.0 Å². The Morgan fingerprint density at radius 1 is 0.769 bits per heavy atom. The van der Waals surface area contributed by atoms with Crippen molar-refractivity contribution in [2.45, 2.75) is 39.8 Å². The van der Waals surface area contributed by atoms with Crippen molar-refractivity contribution >= 4 is 20.2 Å². The van der Waals surface area contributed by atoms with Gasteiger partial charge in [0, 0.05) is 0 Å². The second-order valence-electron chi connectivity index (χ2n) is 6.81. The number of nitrogens with two attached hydrogens (primary N) is 2. The van der Waals surface area contributed by atoms with Crippen LogP contribution in [0.1, 0.15) is 45.5 Å². The van der Waals surface area contributed by atoms with Gasteiger partial charge < -0.3 is 0 Å². The second-order valence-corrected chi connectivity index (χ2v) is 10.7. The van der Waals surface area contributed by atoms with Gasteiger partial charge in [0.15, 0.2) is 0 Å². The molecule has 0 saturated heterocycles. The maximum absolute atomic E-state index is 6.52. The van der Waals surface area contributed by atoms with Crippen LogP contribution >= 0.6 is 20.2 Å². The average Bonchev–Trinajstić information content (AvgIpc) is 2.53. The molecule has 0 amide bonds. The molecule has 0 aliphatic rings. The number of nitrogens with zero attached hydrogens (tertiary/aromatic N) is 1. The van der Waals surface area contributed by atoms with Crippen LogP contribution in [0, 0.1) is 27.7 Å². The summed E-state index contributed by atoms with van der Waals surface area (Å²) in [6.07, 6.45) is 0. The molecule has 2 rings (SSSR count). The van der Waals surface area contributed by atoms with Gasteiger partial charge in [-0.2, -0.15) is 0 Å². The Hall–Kier alpha value is -0.581. The van der Waals surface area contributed by atoms with E-state index in [1.807, 2.05) is 16.0 Å². The van der Waals surface area contributed by atoms with Crippen molar-refractivity contribution in [1.82, 2.24) is 3.92 Å². The summed E-state index contributed by atoms with van der Waals surface area (Å²) >= 11 is -1.52. The van der Waals surface area contributed by atoms with Crippen molar-refractivity contribution in [2.75, 3.05) is 13.1 Å². The summed E-state index contributed by atoms with van der Waals surface area (Å²) in [5.41, 5.74) is 20.1. The van der Waals surface area contributed by atoms with Gasteiger partial charge in [0.2, 0.25) is 0 Å². The van der Waals surface area contributed by atoms with Gasteiger partial charge in [-0.25, -0.2) is 0 Å². The number of aryl methyl sites for hydroxylation is 4. The minimum atomic E-state index is -1.52. The Morgan fingerprint density at radius 3 is 1.35 bits per heavy atom. The molecule has 0 aliphatic carbocycles. The third-order valence-electron chi connectivity index (χ3n) is 4.78. The Labute approximate surface area is 170 Å². The minimum absolute atomic E-state index is 0.158. The molecule has 2 aromatic rings. The number of rotatable bonds is 7. The van der Waals surface area contributed by atoms with Gasteiger partial charge in [-0.05, 0) is 0 Å². The van der Waals surface area contributed by atoms with E-state index in [0.717, 1.165) is 11.1 Å². The van der Waals surface area contributed by atoms with Crippen LogP contribution in [0.5, 0.6) is 0 Å². The Bertz CT molecular complexity index is 652. The fourth-order valence-corrected chi connectivity index (χ4v) is 5.14. The molecule has 0 heterocycles. The summed E-state index contributed by atoms with van der Waals surface area (Å²) < 4.78 is 2.02. The quantitative estimate of drug-likeness (QED) is 0.615. The van der Waals surface area contributed by atoms with E-state index in [9.17, 15) is 0 Å². The Balaban J connectivity index is 2.19. The van der Waals surface area contributed by atoms with E-state index in [0.29, 0.717) is 13.1 Å². The molecular formula is C20H28Cl2FeN3. The summed E-state index contributed by atoms with van der Waals surface area (Å²) in [7, 11) is 12.7. The van der Waals surface area contributed by atoms with E-state index in [4.69, 9.17) is 31.7 Å². The van der Waals surface area contributed by atoms with E-state index in [1.54, 1.807) is 0 Å². The SMILES string of the molecule is Cc1cccc(C)c1C(N)C[N](CC(N)c1c(C)cccc1C)[Fe]([Cl])[Cl]. The molecule has 0 saturated carbocycles. The Morgan fingerprint density at radius 2 is 1.08 bits per heavy atom. The topological polar surface area (TPSA) is 55.3 Å². The molecule has 0 spiro atoms. The van der Waals surface area contributed by atoms with Crippen LogP contribution in [0.2, 0.25) is 0 Å².